The lowest BCUT2D eigenvalue weighted by molar-refractivity contribution is -0.135. The smallest absolute Gasteiger partial charge is 0.263 e. The summed E-state index contributed by atoms with van der Waals surface area (Å²) >= 11 is 0. The highest BCUT2D eigenvalue weighted by Gasteiger charge is 2.13. The van der Waals surface area contributed by atoms with E-state index in [9.17, 15) is 4.79 Å². The van der Waals surface area contributed by atoms with Crippen molar-refractivity contribution >= 4 is 11.7 Å². The van der Waals surface area contributed by atoms with Crippen LogP contribution in [0.4, 0.5) is 0 Å². The first-order chi connectivity index (χ1) is 15.6. The van der Waals surface area contributed by atoms with Crippen LogP contribution < -0.4 is 15.2 Å². The molecule has 0 saturated carbocycles. The summed E-state index contributed by atoms with van der Waals surface area (Å²) < 4.78 is 11.2. The summed E-state index contributed by atoms with van der Waals surface area (Å²) in [5.41, 5.74) is 7.48. The third-order valence-electron chi connectivity index (χ3n) is 4.44. The van der Waals surface area contributed by atoms with Crippen molar-refractivity contribution in [2.24, 2.45) is 10.9 Å². The van der Waals surface area contributed by atoms with Gasteiger partial charge in [0.1, 0.15) is 11.5 Å². The van der Waals surface area contributed by atoms with E-state index in [4.69, 9.17) is 20.0 Å². The fraction of sp³-hybridized carbons (Fsp3) is 0.208. The van der Waals surface area contributed by atoms with Crippen LogP contribution in [0.5, 0.6) is 17.4 Å². The predicted molar refractivity (Wildman–Crippen MR) is 122 cm³/mol. The minimum Gasteiger partial charge on any atom is -0.494 e. The van der Waals surface area contributed by atoms with E-state index < -0.39 is 0 Å². The molecule has 0 saturated heterocycles. The van der Waals surface area contributed by atoms with E-state index in [-0.39, 0.29) is 18.3 Å². The van der Waals surface area contributed by atoms with Gasteiger partial charge in [0.2, 0.25) is 5.88 Å². The molecule has 2 N–H and O–H groups in total. The number of nitrogens with zero attached hydrogens (tertiary/aromatic N) is 3. The molecule has 0 aliphatic heterocycles. The maximum Gasteiger partial charge on any atom is 0.263 e. The highest BCUT2D eigenvalue weighted by molar-refractivity contribution is 5.99. The molecule has 2 aromatic carbocycles. The molecule has 8 nitrogen and oxygen atoms in total. The number of rotatable bonds is 10. The normalized spacial score (nSPS) is 11.0. The summed E-state index contributed by atoms with van der Waals surface area (Å²) in [4.78, 5) is 23.3. The average Bonchev–Trinajstić information content (AvgIpc) is 2.81. The molecule has 0 unspecified atom stereocenters. The third kappa shape index (κ3) is 6.46. The van der Waals surface area contributed by atoms with Crippen molar-refractivity contribution in [3.05, 3.63) is 84.1 Å². The number of hydrogen-bond donors (Lipinski definition) is 1. The maximum absolute atomic E-state index is 12.4. The number of benzene rings is 2. The second kappa shape index (κ2) is 11.4. The molecule has 3 rings (SSSR count). The van der Waals surface area contributed by atoms with Crippen LogP contribution in [0.15, 0.2) is 78.1 Å². The SMILES string of the molecule is CCOc1ccc(CN(C)C(=O)CO/N=C(/N)c2cccnc2Oc2ccccc2)cc1. The van der Waals surface area contributed by atoms with Crippen molar-refractivity contribution in [1.82, 2.24) is 9.88 Å². The van der Waals surface area contributed by atoms with Crippen molar-refractivity contribution < 1.29 is 19.1 Å². The van der Waals surface area contributed by atoms with Crippen LogP contribution in [0.3, 0.4) is 0 Å². The summed E-state index contributed by atoms with van der Waals surface area (Å²) in [7, 11) is 1.70. The summed E-state index contributed by atoms with van der Waals surface area (Å²) in [5, 5.41) is 3.87. The number of carbonyl (C=O) groups is 1. The van der Waals surface area contributed by atoms with Crippen molar-refractivity contribution in [2.75, 3.05) is 20.3 Å². The van der Waals surface area contributed by atoms with Gasteiger partial charge in [0, 0.05) is 19.8 Å². The lowest BCUT2D eigenvalue weighted by Crippen LogP contribution is -2.29. The minimum absolute atomic E-state index is 0.0611. The zero-order valence-electron chi connectivity index (χ0n) is 18.1. The first-order valence-corrected chi connectivity index (χ1v) is 10.2. The van der Waals surface area contributed by atoms with Crippen LogP contribution in [-0.2, 0) is 16.2 Å². The number of aromatic nitrogens is 1. The van der Waals surface area contributed by atoms with Gasteiger partial charge >= 0.3 is 0 Å². The average molecular weight is 434 g/mol. The molecule has 0 radical (unpaired) electrons. The Labute approximate surface area is 187 Å². The standard InChI is InChI=1S/C24H26N4O4/c1-3-30-19-13-11-18(12-14-19)16-28(2)22(29)17-31-27-23(25)21-10-7-15-26-24(21)32-20-8-5-4-6-9-20/h4-15H,3,16-17H2,1-2H3,(H2,25,27). The molecule has 1 amide bonds. The number of hydrogen-bond acceptors (Lipinski definition) is 6. The summed E-state index contributed by atoms with van der Waals surface area (Å²) in [6.07, 6.45) is 1.59. The first kappa shape index (κ1) is 22.6. The van der Waals surface area contributed by atoms with Crippen molar-refractivity contribution in [3.8, 4) is 17.4 Å². The Morgan fingerprint density at radius 1 is 1.03 bits per heavy atom. The zero-order valence-corrected chi connectivity index (χ0v) is 18.1. The van der Waals surface area contributed by atoms with E-state index in [1.807, 2.05) is 49.4 Å². The molecular weight excluding hydrogens is 408 g/mol. The molecule has 0 aliphatic rings. The Bertz CT molecular complexity index is 1040. The molecule has 3 aromatic rings. The lowest BCUT2D eigenvalue weighted by Gasteiger charge is -2.17. The van der Waals surface area contributed by atoms with Gasteiger partial charge in [-0.25, -0.2) is 4.98 Å². The topological polar surface area (TPSA) is 99.3 Å². The summed E-state index contributed by atoms with van der Waals surface area (Å²) in [6, 6.07) is 20.2. The molecule has 32 heavy (non-hydrogen) atoms. The Kier molecular flexibility index (Phi) is 8.02. The Hall–Kier alpha value is -4.07. The molecule has 0 atom stereocenters. The van der Waals surface area contributed by atoms with E-state index in [1.165, 1.54) is 0 Å². The molecule has 166 valence electrons. The van der Waals surface area contributed by atoms with Crippen molar-refractivity contribution in [2.45, 2.75) is 13.5 Å². The van der Waals surface area contributed by atoms with Crippen molar-refractivity contribution in [3.63, 3.8) is 0 Å². The van der Waals surface area contributed by atoms with Gasteiger partial charge in [-0.3, -0.25) is 4.79 Å². The molecule has 0 fully saturated rings. The van der Waals surface area contributed by atoms with E-state index in [1.54, 1.807) is 42.4 Å². The fourth-order valence-electron chi connectivity index (χ4n) is 2.80. The number of carbonyl (C=O) groups excluding carboxylic acids is 1. The largest absolute Gasteiger partial charge is 0.494 e. The van der Waals surface area contributed by atoms with Gasteiger partial charge in [-0.2, -0.15) is 0 Å². The van der Waals surface area contributed by atoms with Gasteiger partial charge in [-0.15, -0.1) is 0 Å². The number of amides is 1. The molecule has 8 heteroatoms. The molecule has 1 aromatic heterocycles. The van der Waals surface area contributed by atoms with Crippen LogP contribution in [0.2, 0.25) is 0 Å². The fourth-order valence-corrected chi connectivity index (χ4v) is 2.80. The number of para-hydroxylation sites is 1. The molecule has 0 spiro atoms. The predicted octanol–water partition coefficient (Wildman–Crippen LogP) is 3.57. The molecule has 0 bridgehead atoms. The van der Waals surface area contributed by atoms with Gasteiger partial charge in [0.25, 0.3) is 5.91 Å². The number of amidine groups is 1. The highest BCUT2D eigenvalue weighted by atomic mass is 16.6. The first-order valence-electron chi connectivity index (χ1n) is 10.2. The van der Waals surface area contributed by atoms with Gasteiger partial charge in [-0.05, 0) is 48.9 Å². The minimum atomic E-state index is -0.247. The van der Waals surface area contributed by atoms with Gasteiger partial charge in [0.05, 0.1) is 12.2 Å². The molecule has 1 heterocycles. The number of pyridine rings is 1. The van der Waals surface area contributed by atoms with E-state index in [2.05, 4.69) is 10.1 Å². The van der Waals surface area contributed by atoms with Crippen LogP contribution in [0.25, 0.3) is 0 Å². The van der Waals surface area contributed by atoms with Gasteiger partial charge < -0.3 is 24.9 Å². The Morgan fingerprint density at radius 2 is 1.78 bits per heavy atom. The lowest BCUT2D eigenvalue weighted by atomic mass is 10.2. The highest BCUT2D eigenvalue weighted by Crippen LogP contribution is 2.22. The number of likely N-dealkylation sites (N-methyl/N-ethyl adjacent to an activating group) is 1. The van der Waals surface area contributed by atoms with Gasteiger partial charge in [0.15, 0.2) is 12.4 Å². The molecular formula is C24H26N4O4. The van der Waals surface area contributed by atoms with Crippen LogP contribution in [0, 0.1) is 0 Å². The Balaban J connectivity index is 1.55. The quantitative estimate of drug-likeness (QED) is 0.298. The van der Waals surface area contributed by atoms with Crippen molar-refractivity contribution in [1.29, 1.82) is 0 Å². The zero-order chi connectivity index (χ0) is 22.8. The van der Waals surface area contributed by atoms with Crippen LogP contribution >= 0.6 is 0 Å². The Morgan fingerprint density at radius 3 is 2.50 bits per heavy atom. The third-order valence-corrected chi connectivity index (χ3v) is 4.44. The summed E-state index contributed by atoms with van der Waals surface area (Å²) in [5.74, 6) is 1.53. The summed E-state index contributed by atoms with van der Waals surface area (Å²) in [6.45, 7) is 2.73. The van der Waals surface area contributed by atoms with Crippen LogP contribution in [0.1, 0.15) is 18.1 Å². The van der Waals surface area contributed by atoms with E-state index in [0.717, 1.165) is 11.3 Å². The maximum atomic E-state index is 12.4. The number of oxime groups is 1. The number of nitrogens with two attached hydrogens (primary N) is 1. The van der Waals surface area contributed by atoms with E-state index in [0.29, 0.717) is 30.3 Å². The molecule has 0 aliphatic carbocycles. The van der Waals surface area contributed by atoms with E-state index >= 15 is 0 Å². The van der Waals surface area contributed by atoms with Gasteiger partial charge in [-0.1, -0.05) is 35.5 Å². The van der Waals surface area contributed by atoms with Crippen LogP contribution in [-0.4, -0.2) is 41.9 Å². The number of ether oxygens (including phenoxy) is 2. The second-order valence-electron chi connectivity index (χ2n) is 6.85. The monoisotopic (exact) mass is 434 g/mol. The second-order valence-corrected chi connectivity index (χ2v) is 6.85.